The molecule has 0 bridgehead atoms. The summed E-state index contributed by atoms with van der Waals surface area (Å²) in [6.07, 6.45) is 1.64. The largest absolute Gasteiger partial charge is 0.472 e. The second-order valence-corrected chi connectivity index (χ2v) is 8.25. The van der Waals surface area contributed by atoms with Crippen LogP contribution in [0.25, 0.3) is 0 Å². The van der Waals surface area contributed by atoms with Crippen LogP contribution in [0.2, 0.25) is 0 Å². The highest BCUT2D eigenvalue weighted by Gasteiger charge is 2.19. The zero-order valence-corrected chi connectivity index (χ0v) is 20.0. The Morgan fingerprint density at radius 1 is 1.22 bits per heavy atom. The molecule has 1 saturated heterocycles. The summed E-state index contributed by atoms with van der Waals surface area (Å²) in [6, 6.07) is 12.7. The van der Waals surface area contributed by atoms with E-state index in [4.69, 9.17) is 14.0 Å². The van der Waals surface area contributed by atoms with Gasteiger partial charge in [0.05, 0.1) is 18.9 Å². The first-order valence-electron chi connectivity index (χ1n) is 11.5. The van der Waals surface area contributed by atoms with Crippen molar-refractivity contribution < 1.29 is 18.8 Å². The zero-order valence-electron chi connectivity index (χ0n) is 20.0. The van der Waals surface area contributed by atoms with Crippen molar-refractivity contribution >= 4 is 29.4 Å². The molecule has 0 atom stereocenters. The molecule has 2 N–H and O–H groups in total. The Morgan fingerprint density at radius 3 is 2.89 bits per heavy atom. The maximum atomic E-state index is 12.7. The van der Waals surface area contributed by atoms with E-state index in [1.165, 1.54) is 0 Å². The van der Waals surface area contributed by atoms with Crippen LogP contribution >= 0.6 is 0 Å². The van der Waals surface area contributed by atoms with Crippen LogP contribution in [0.1, 0.15) is 21.6 Å². The molecule has 3 aromatic heterocycles. The third-order valence-corrected chi connectivity index (χ3v) is 5.57. The molecule has 1 aliphatic heterocycles. The average Bonchev–Trinajstić information content (AvgIpc) is 3.56. The van der Waals surface area contributed by atoms with E-state index in [1.807, 2.05) is 31.2 Å². The number of hydrogen-bond donors (Lipinski definition) is 2. The van der Waals surface area contributed by atoms with Crippen molar-refractivity contribution in [2.75, 3.05) is 43.6 Å². The number of aryl methyl sites for hydroxylation is 1. The number of benzene rings is 1. The van der Waals surface area contributed by atoms with Gasteiger partial charge in [0.1, 0.15) is 18.2 Å². The lowest BCUT2D eigenvalue weighted by molar-refractivity contribution is 0.0303. The number of hydrogen-bond acceptors (Lipinski definition) is 10. The van der Waals surface area contributed by atoms with Gasteiger partial charge in [0, 0.05) is 44.0 Å². The van der Waals surface area contributed by atoms with E-state index in [0.717, 1.165) is 11.3 Å². The van der Waals surface area contributed by atoms with Crippen molar-refractivity contribution in [2.45, 2.75) is 13.5 Å². The van der Waals surface area contributed by atoms with Gasteiger partial charge in [-0.25, -0.2) is 4.98 Å². The summed E-state index contributed by atoms with van der Waals surface area (Å²) >= 11 is 0. The fourth-order valence-corrected chi connectivity index (χ4v) is 3.67. The number of nitrogens with one attached hydrogen (secondary N) is 2. The summed E-state index contributed by atoms with van der Waals surface area (Å²) in [5.74, 6) is 2.55. The summed E-state index contributed by atoms with van der Waals surface area (Å²) in [7, 11) is 1.80. The Bertz CT molecular complexity index is 1330. The topological polar surface area (TPSA) is 135 Å². The first kappa shape index (κ1) is 23.3. The molecule has 12 nitrogen and oxygen atoms in total. The predicted molar refractivity (Wildman–Crippen MR) is 131 cm³/mol. The number of aromatic nitrogens is 5. The molecule has 4 heterocycles. The van der Waals surface area contributed by atoms with Gasteiger partial charge in [0.15, 0.2) is 0 Å². The SMILES string of the molecule is Cc1cc(N(C)c2nccc(Nc3cc(OCc4cccc(C(=O)N5CCOCC5)c4)n[nH]3)n2)on1. The standard InChI is InChI=1S/C24H26N8O4/c1-16-12-22(36-30-16)31(2)24-25-7-6-19(27-24)26-20-14-21(29-28-20)35-15-17-4-3-5-18(13-17)23(33)32-8-10-34-11-9-32/h3-7,12-14H,8-11,15H2,1-2H3,(H2,25,26,27,28,29). The van der Waals surface area contributed by atoms with Crippen LogP contribution in [0.15, 0.2) is 53.2 Å². The summed E-state index contributed by atoms with van der Waals surface area (Å²) < 4.78 is 16.4. The lowest BCUT2D eigenvalue weighted by Gasteiger charge is -2.27. The molecule has 0 spiro atoms. The minimum atomic E-state index is -0.000263. The highest BCUT2D eigenvalue weighted by molar-refractivity contribution is 5.94. The molecular formula is C24H26N8O4. The van der Waals surface area contributed by atoms with Gasteiger partial charge in [-0.1, -0.05) is 17.3 Å². The third kappa shape index (κ3) is 5.44. The number of amides is 1. The van der Waals surface area contributed by atoms with Gasteiger partial charge < -0.3 is 24.2 Å². The summed E-state index contributed by atoms with van der Waals surface area (Å²) in [4.78, 5) is 25.0. The van der Waals surface area contributed by atoms with Gasteiger partial charge in [0.25, 0.3) is 5.91 Å². The molecule has 5 rings (SSSR count). The molecule has 186 valence electrons. The van der Waals surface area contributed by atoms with E-state index in [9.17, 15) is 4.79 Å². The number of carbonyl (C=O) groups is 1. The Hall–Kier alpha value is -4.45. The fraction of sp³-hybridized carbons (Fsp3) is 0.292. The minimum absolute atomic E-state index is 0.000263. The molecule has 36 heavy (non-hydrogen) atoms. The Morgan fingerprint density at radius 2 is 2.08 bits per heavy atom. The van der Waals surface area contributed by atoms with Crippen LogP contribution in [-0.4, -0.2) is 69.5 Å². The number of ether oxygens (including phenoxy) is 2. The number of carbonyl (C=O) groups excluding carboxylic acids is 1. The van der Waals surface area contributed by atoms with Gasteiger partial charge in [-0.2, -0.15) is 4.98 Å². The van der Waals surface area contributed by atoms with Gasteiger partial charge in [-0.15, -0.1) is 5.10 Å². The second kappa shape index (κ2) is 10.4. The lowest BCUT2D eigenvalue weighted by Crippen LogP contribution is -2.40. The van der Waals surface area contributed by atoms with Gasteiger partial charge >= 0.3 is 0 Å². The fourth-order valence-electron chi connectivity index (χ4n) is 3.67. The molecule has 1 fully saturated rings. The van der Waals surface area contributed by atoms with E-state index in [1.54, 1.807) is 41.2 Å². The van der Waals surface area contributed by atoms with Crippen LogP contribution in [0.3, 0.4) is 0 Å². The molecular weight excluding hydrogens is 464 g/mol. The molecule has 0 radical (unpaired) electrons. The number of morpholine rings is 1. The maximum absolute atomic E-state index is 12.7. The molecule has 0 aliphatic carbocycles. The minimum Gasteiger partial charge on any atom is -0.472 e. The first-order valence-corrected chi connectivity index (χ1v) is 11.5. The van der Waals surface area contributed by atoms with Crippen molar-refractivity contribution in [3.05, 3.63) is 65.5 Å². The number of H-pyrrole nitrogens is 1. The Labute approximate surface area is 207 Å². The van der Waals surface area contributed by atoms with E-state index in [0.29, 0.717) is 61.2 Å². The predicted octanol–water partition coefficient (Wildman–Crippen LogP) is 3.06. The molecule has 1 aliphatic rings. The molecule has 1 amide bonds. The molecule has 0 saturated carbocycles. The summed E-state index contributed by atoms with van der Waals surface area (Å²) in [6.45, 7) is 4.46. The number of rotatable bonds is 8. The van der Waals surface area contributed by atoms with E-state index in [-0.39, 0.29) is 12.5 Å². The molecule has 0 unspecified atom stereocenters. The number of anilines is 4. The van der Waals surface area contributed by atoms with Crippen molar-refractivity contribution in [3.63, 3.8) is 0 Å². The summed E-state index contributed by atoms with van der Waals surface area (Å²) in [5.41, 5.74) is 2.27. The lowest BCUT2D eigenvalue weighted by atomic mass is 10.1. The maximum Gasteiger partial charge on any atom is 0.254 e. The molecule has 12 heteroatoms. The van der Waals surface area contributed by atoms with Crippen LogP contribution < -0.4 is 15.0 Å². The van der Waals surface area contributed by atoms with E-state index < -0.39 is 0 Å². The second-order valence-electron chi connectivity index (χ2n) is 8.25. The van der Waals surface area contributed by atoms with Crippen LogP contribution in [0.5, 0.6) is 5.88 Å². The quantitative estimate of drug-likeness (QED) is 0.379. The highest BCUT2D eigenvalue weighted by atomic mass is 16.5. The monoisotopic (exact) mass is 490 g/mol. The van der Waals surface area contributed by atoms with Gasteiger partial charge in [-0.05, 0) is 30.7 Å². The van der Waals surface area contributed by atoms with E-state index >= 15 is 0 Å². The van der Waals surface area contributed by atoms with Gasteiger partial charge in [-0.3, -0.25) is 14.8 Å². The van der Waals surface area contributed by atoms with E-state index in [2.05, 4.69) is 30.6 Å². The Kier molecular flexibility index (Phi) is 6.76. The zero-order chi connectivity index (χ0) is 24.9. The van der Waals surface area contributed by atoms with Crippen LogP contribution in [0, 0.1) is 6.92 Å². The van der Waals surface area contributed by atoms with Crippen molar-refractivity contribution in [2.24, 2.45) is 0 Å². The first-order chi connectivity index (χ1) is 17.5. The number of aromatic amines is 1. The third-order valence-electron chi connectivity index (χ3n) is 5.57. The summed E-state index contributed by atoms with van der Waals surface area (Å²) in [5, 5.41) is 14.1. The van der Waals surface area contributed by atoms with Crippen molar-refractivity contribution in [1.82, 2.24) is 30.2 Å². The van der Waals surface area contributed by atoms with Gasteiger partial charge in [0.2, 0.25) is 17.7 Å². The normalized spacial score (nSPS) is 13.4. The number of nitrogens with zero attached hydrogens (tertiary/aromatic N) is 6. The van der Waals surface area contributed by atoms with Crippen molar-refractivity contribution in [1.29, 1.82) is 0 Å². The average molecular weight is 491 g/mol. The molecule has 4 aromatic rings. The smallest absolute Gasteiger partial charge is 0.254 e. The van der Waals surface area contributed by atoms with Crippen LogP contribution in [0.4, 0.5) is 23.5 Å². The Balaban J connectivity index is 1.19. The highest BCUT2D eigenvalue weighted by Crippen LogP contribution is 2.23. The molecule has 1 aromatic carbocycles. The van der Waals surface area contributed by atoms with Crippen LogP contribution in [-0.2, 0) is 11.3 Å². The van der Waals surface area contributed by atoms with Crippen molar-refractivity contribution in [3.8, 4) is 5.88 Å².